The number of nitrogens with zero attached hydrogens (tertiary/aromatic N) is 3. The normalized spacial score (nSPS) is 18.4. The van der Waals surface area contributed by atoms with Gasteiger partial charge in [0, 0.05) is 50.3 Å². The summed E-state index contributed by atoms with van der Waals surface area (Å²) in [6.45, 7) is 3.51. The van der Waals surface area contributed by atoms with Gasteiger partial charge in [0.05, 0.1) is 12.3 Å². The minimum absolute atomic E-state index is 0. The summed E-state index contributed by atoms with van der Waals surface area (Å²) in [6.07, 6.45) is 7.66. The van der Waals surface area contributed by atoms with Gasteiger partial charge in [-0.05, 0) is 48.4 Å². The Bertz CT molecular complexity index is 1140. The average Bonchev–Trinajstić information content (AvgIpc) is 2.92. The van der Waals surface area contributed by atoms with Crippen LogP contribution in [0.2, 0.25) is 5.02 Å². The molecule has 1 aliphatic carbocycles. The van der Waals surface area contributed by atoms with Gasteiger partial charge in [0.25, 0.3) is 0 Å². The quantitative estimate of drug-likeness (QED) is 0.413. The third-order valence-corrected chi connectivity index (χ3v) is 9.50. The molecule has 2 fully saturated rings. The fourth-order valence-corrected chi connectivity index (χ4v) is 6.80. The van der Waals surface area contributed by atoms with Crippen molar-refractivity contribution in [2.75, 3.05) is 39.0 Å². The molecule has 224 valence electrons. The van der Waals surface area contributed by atoms with E-state index < -0.39 is 16.1 Å². The number of sulfonamides is 1. The second kappa shape index (κ2) is 16.3. The number of amides is 1. The van der Waals surface area contributed by atoms with E-state index in [0.717, 1.165) is 37.1 Å². The molecule has 11 heteroatoms. The first-order valence-corrected chi connectivity index (χ1v) is 16.0. The van der Waals surface area contributed by atoms with Crippen LogP contribution < -0.4 is 5.73 Å². The SMILES string of the molecule is CS(=O)(=O)N(Cc1ccccc1)CC(C1CCCCC1)N1CCN(C(=O)C(N)Cc2ccc(Cl)cc2)CC1.Cl.Cl. The van der Waals surface area contributed by atoms with Crippen LogP contribution in [0.15, 0.2) is 54.6 Å². The van der Waals surface area contributed by atoms with Gasteiger partial charge in [0.15, 0.2) is 0 Å². The van der Waals surface area contributed by atoms with Gasteiger partial charge in [-0.25, -0.2) is 8.42 Å². The maximum atomic E-state index is 13.1. The van der Waals surface area contributed by atoms with Crippen molar-refractivity contribution in [2.24, 2.45) is 11.7 Å². The molecular formula is C29H43Cl3N4O3S. The zero-order valence-electron chi connectivity index (χ0n) is 23.2. The first kappa shape index (κ1) is 34.8. The van der Waals surface area contributed by atoms with Crippen LogP contribution in [0.5, 0.6) is 0 Å². The zero-order chi connectivity index (χ0) is 27.1. The van der Waals surface area contributed by atoms with Gasteiger partial charge in [0.2, 0.25) is 15.9 Å². The number of benzene rings is 2. The Morgan fingerprint density at radius 2 is 1.55 bits per heavy atom. The van der Waals surface area contributed by atoms with Gasteiger partial charge in [-0.15, -0.1) is 24.8 Å². The lowest BCUT2D eigenvalue weighted by Gasteiger charge is -2.45. The third kappa shape index (κ3) is 9.86. The fourth-order valence-electron chi connectivity index (χ4n) is 5.86. The standard InChI is InChI=1S/C29H41ClN4O3S.2ClH/c1-38(36,37)34(21-24-8-4-2-5-9-24)22-28(25-10-6-3-7-11-25)32-16-18-33(19-17-32)29(35)27(31)20-23-12-14-26(30)15-13-23;;/h2,4-5,8-9,12-15,25,27-28H,3,6-7,10-11,16-22,31H2,1H3;2*1H. The van der Waals surface area contributed by atoms with Gasteiger partial charge >= 0.3 is 0 Å². The van der Waals surface area contributed by atoms with Crippen molar-refractivity contribution < 1.29 is 13.2 Å². The highest BCUT2D eigenvalue weighted by molar-refractivity contribution is 7.88. The Labute approximate surface area is 257 Å². The fraction of sp³-hybridized carbons (Fsp3) is 0.552. The largest absolute Gasteiger partial charge is 0.339 e. The molecule has 2 aliphatic rings. The summed E-state index contributed by atoms with van der Waals surface area (Å²) in [7, 11) is -3.39. The predicted octanol–water partition coefficient (Wildman–Crippen LogP) is 4.61. The number of hydrogen-bond acceptors (Lipinski definition) is 5. The number of piperazine rings is 1. The molecule has 1 heterocycles. The monoisotopic (exact) mass is 632 g/mol. The summed E-state index contributed by atoms with van der Waals surface area (Å²) in [5, 5.41) is 0.662. The molecule has 0 radical (unpaired) electrons. The van der Waals surface area contributed by atoms with Gasteiger partial charge < -0.3 is 10.6 Å². The summed E-state index contributed by atoms with van der Waals surface area (Å²) in [5.41, 5.74) is 8.29. The summed E-state index contributed by atoms with van der Waals surface area (Å²) < 4.78 is 27.4. The number of nitrogens with two attached hydrogens (primary N) is 1. The van der Waals surface area contributed by atoms with Crippen molar-refractivity contribution in [1.82, 2.24) is 14.1 Å². The lowest BCUT2D eigenvalue weighted by Crippen LogP contribution is -2.59. The van der Waals surface area contributed by atoms with E-state index in [1.165, 1.54) is 25.5 Å². The maximum Gasteiger partial charge on any atom is 0.239 e. The van der Waals surface area contributed by atoms with Crippen LogP contribution in [-0.2, 0) is 27.8 Å². The molecule has 2 atom stereocenters. The molecular weight excluding hydrogens is 591 g/mol. The number of halogens is 3. The zero-order valence-corrected chi connectivity index (χ0v) is 26.4. The van der Waals surface area contributed by atoms with Crippen LogP contribution in [0, 0.1) is 5.92 Å². The summed E-state index contributed by atoms with van der Waals surface area (Å²) >= 11 is 5.98. The number of carbonyl (C=O) groups excluding carboxylic acids is 1. The minimum atomic E-state index is -3.39. The first-order valence-electron chi connectivity index (χ1n) is 13.7. The van der Waals surface area contributed by atoms with Gasteiger partial charge in [-0.1, -0.05) is 73.3 Å². The second-order valence-corrected chi connectivity index (χ2v) is 13.2. The van der Waals surface area contributed by atoms with Crippen molar-refractivity contribution in [2.45, 2.75) is 57.2 Å². The molecule has 2 aromatic carbocycles. The van der Waals surface area contributed by atoms with Gasteiger partial charge in [-0.2, -0.15) is 4.31 Å². The Morgan fingerprint density at radius 3 is 2.12 bits per heavy atom. The first-order chi connectivity index (χ1) is 18.2. The molecule has 4 rings (SSSR count). The number of carbonyl (C=O) groups is 1. The molecule has 0 bridgehead atoms. The Balaban J connectivity index is 0.00000280. The minimum Gasteiger partial charge on any atom is -0.339 e. The summed E-state index contributed by atoms with van der Waals surface area (Å²) in [4.78, 5) is 17.4. The molecule has 1 amide bonds. The van der Waals surface area contributed by atoms with Crippen molar-refractivity contribution >= 4 is 52.3 Å². The number of rotatable bonds is 10. The Morgan fingerprint density at radius 1 is 0.950 bits per heavy atom. The van der Waals surface area contributed by atoms with Crippen LogP contribution in [0.3, 0.4) is 0 Å². The molecule has 1 saturated heterocycles. The van der Waals surface area contributed by atoms with Crippen molar-refractivity contribution in [3.63, 3.8) is 0 Å². The Kier molecular flexibility index (Phi) is 14.2. The van der Waals surface area contributed by atoms with Crippen LogP contribution >= 0.6 is 36.4 Å². The highest BCUT2D eigenvalue weighted by Crippen LogP contribution is 2.31. The van der Waals surface area contributed by atoms with Crippen LogP contribution in [0.1, 0.15) is 43.2 Å². The summed E-state index contributed by atoms with van der Waals surface area (Å²) in [6, 6.07) is 16.8. The molecule has 7 nitrogen and oxygen atoms in total. The average molecular weight is 634 g/mol. The van der Waals surface area contributed by atoms with E-state index in [2.05, 4.69) is 4.90 Å². The molecule has 2 N–H and O–H groups in total. The van der Waals surface area contributed by atoms with Gasteiger partial charge in [-0.3, -0.25) is 9.69 Å². The second-order valence-electron chi connectivity index (χ2n) is 10.8. The third-order valence-electron chi connectivity index (χ3n) is 8.04. The van der Waals surface area contributed by atoms with E-state index in [1.807, 2.05) is 59.5 Å². The van der Waals surface area contributed by atoms with Crippen LogP contribution in [-0.4, -0.2) is 79.5 Å². The van der Waals surface area contributed by atoms with Gasteiger partial charge in [0.1, 0.15) is 0 Å². The van der Waals surface area contributed by atoms with E-state index in [0.29, 0.717) is 43.5 Å². The highest BCUT2D eigenvalue weighted by Gasteiger charge is 2.35. The van der Waals surface area contributed by atoms with Crippen molar-refractivity contribution in [3.05, 3.63) is 70.7 Å². The molecule has 1 aliphatic heterocycles. The Hall–Kier alpha value is -1.39. The highest BCUT2D eigenvalue weighted by atomic mass is 35.5. The maximum absolute atomic E-state index is 13.1. The number of hydrogen-bond donors (Lipinski definition) is 1. The molecule has 40 heavy (non-hydrogen) atoms. The lowest BCUT2D eigenvalue weighted by molar-refractivity contribution is -0.134. The molecule has 0 aromatic heterocycles. The van der Waals surface area contributed by atoms with E-state index in [4.69, 9.17) is 17.3 Å². The molecule has 2 aromatic rings. The predicted molar refractivity (Wildman–Crippen MR) is 168 cm³/mol. The smallest absolute Gasteiger partial charge is 0.239 e. The van der Waals surface area contributed by atoms with Crippen molar-refractivity contribution in [1.29, 1.82) is 0 Å². The van der Waals surface area contributed by atoms with Crippen LogP contribution in [0.4, 0.5) is 0 Å². The topological polar surface area (TPSA) is 87.0 Å². The molecule has 1 saturated carbocycles. The van der Waals surface area contributed by atoms with E-state index in [-0.39, 0.29) is 36.8 Å². The molecule has 2 unspecified atom stereocenters. The lowest BCUT2D eigenvalue weighted by atomic mass is 9.83. The van der Waals surface area contributed by atoms with Crippen LogP contribution in [0.25, 0.3) is 0 Å². The van der Waals surface area contributed by atoms with Crippen molar-refractivity contribution in [3.8, 4) is 0 Å². The molecule has 0 spiro atoms. The van der Waals surface area contributed by atoms with E-state index in [1.54, 1.807) is 4.31 Å². The van der Waals surface area contributed by atoms with E-state index in [9.17, 15) is 13.2 Å². The summed E-state index contributed by atoms with van der Waals surface area (Å²) in [5.74, 6) is 0.425. The van der Waals surface area contributed by atoms with E-state index >= 15 is 0 Å².